The van der Waals surface area contributed by atoms with Gasteiger partial charge in [0.25, 0.3) is 0 Å². The molecule has 1 aromatic rings. The van der Waals surface area contributed by atoms with Gasteiger partial charge in [-0.25, -0.2) is 0 Å². The average Bonchev–Trinajstić information content (AvgIpc) is 2.85. The van der Waals surface area contributed by atoms with Crippen LogP contribution in [0.3, 0.4) is 0 Å². The molecule has 0 saturated carbocycles. The minimum atomic E-state index is -0.150. The monoisotopic (exact) mass is 260 g/mol. The molecule has 3 rings (SSSR count). The first-order chi connectivity index (χ1) is 9.22. The first-order valence-electron chi connectivity index (χ1n) is 6.37. The molecule has 2 atom stereocenters. The standard InChI is InChI=1S/C14H16N2O3/c15-10-2-1-9(7-10)14(17)16-11-3-4-12-13(8-11)19-6-5-18-12/h1-4,8-10H,5-7,15H2,(H,16,17). The number of ether oxygens (including phenoxy) is 2. The third kappa shape index (κ3) is 2.56. The lowest BCUT2D eigenvalue weighted by Crippen LogP contribution is -2.24. The van der Waals surface area contributed by atoms with E-state index in [2.05, 4.69) is 5.32 Å². The third-order valence-electron chi connectivity index (χ3n) is 3.26. The number of nitrogens with one attached hydrogen (secondary N) is 1. The summed E-state index contributed by atoms with van der Waals surface area (Å²) < 4.78 is 10.9. The number of rotatable bonds is 2. The van der Waals surface area contributed by atoms with Crippen molar-refractivity contribution in [2.45, 2.75) is 12.5 Å². The van der Waals surface area contributed by atoms with Gasteiger partial charge >= 0.3 is 0 Å². The molecule has 5 nitrogen and oxygen atoms in total. The minimum absolute atomic E-state index is 0.0176. The molecule has 5 heteroatoms. The zero-order valence-electron chi connectivity index (χ0n) is 10.5. The third-order valence-corrected chi connectivity index (χ3v) is 3.26. The van der Waals surface area contributed by atoms with Crippen molar-refractivity contribution >= 4 is 11.6 Å². The molecule has 1 aliphatic carbocycles. The van der Waals surface area contributed by atoms with Gasteiger partial charge in [-0.15, -0.1) is 0 Å². The Morgan fingerprint density at radius 3 is 2.74 bits per heavy atom. The molecule has 3 N–H and O–H groups in total. The summed E-state index contributed by atoms with van der Waals surface area (Å²) in [7, 11) is 0. The SMILES string of the molecule is NC1C=CC(C(=O)Nc2ccc3c(c2)OCCO3)C1. The van der Waals surface area contributed by atoms with Gasteiger partial charge in [0.2, 0.25) is 5.91 Å². The summed E-state index contributed by atoms with van der Waals surface area (Å²) in [6.07, 6.45) is 4.39. The zero-order valence-corrected chi connectivity index (χ0v) is 10.5. The smallest absolute Gasteiger partial charge is 0.231 e. The minimum Gasteiger partial charge on any atom is -0.486 e. The van der Waals surface area contributed by atoms with E-state index in [-0.39, 0.29) is 17.9 Å². The first kappa shape index (κ1) is 12.0. The summed E-state index contributed by atoms with van der Waals surface area (Å²) >= 11 is 0. The van der Waals surface area contributed by atoms with Crippen molar-refractivity contribution in [2.24, 2.45) is 11.7 Å². The number of carbonyl (C=O) groups excluding carboxylic acids is 1. The Bertz CT molecular complexity index is 527. The highest BCUT2D eigenvalue weighted by Gasteiger charge is 2.23. The Hall–Kier alpha value is -2.01. The molecule has 100 valence electrons. The van der Waals surface area contributed by atoms with Crippen LogP contribution in [0.4, 0.5) is 5.69 Å². The number of amides is 1. The van der Waals surface area contributed by atoms with Gasteiger partial charge in [-0.3, -0.25) is 4.79 Å². The molecule has 2 aliphatic rings. The second-order valence-corrected chi connectivity index (χ2v) is 4.74. The number of carbonyl (C=O) groups is 1. The molecule has 1 aliphatic heterocycles. The van der Waals surface area contributed by atoms with E-state index in [0.29, 0.717) is 36.8 Å². The molecular weight excluding hydrogens is 244 g/mol. The lowest BCUT2D eigenvalue weighted by Gasteiger charge is -2.19. The van der Waals surface area contributed by atoms with E-state index >= 15 is 0 Å². The van der Waals surface area contributed by atoms with Crippen molar-refractivity contribution in [3.8, 4) is 11.5 Å². The second kappa shape index (κ2) is 4.93. The normalized spacial score (nSPS) is 24.3. The maximum absolute atomic E-state index is 12.0. The van der Waals surface area contributed by atoms with E-state index < -0.39 is 0 Å². The summed E-state index contributed by atoms with van der Waals surface area (Å²) in [5.41, 5.74) is 6.46. The van der Waals surface area contributed by atoms with Crippen molar-refractivity contribution in [1.29, 1.82) is 0 Å². The fourth-order valence-electron chi connectivity index (χ4n) is 2.28. The lowest BCUT2D eigenvalue weighted by atomic mass is 10.1. The highest BCUT2D eigenvalue weighted by Crippen LogP contribution is 2.32. The van der Waals surface area contributed by atoms with Crippen molar-refractivity contribution in [3.63, 3.8) is 0 Å². The van der Waals surface area contributed by atoms with Gasteiger partial charge in [-0.1, -0.05) is 12.2 Å². The van der Waals surface area contributed by atoms with Crippen LogP contribution in [0, 0.1) is 5.92 Å². The molecule has 0 radical (unpaired) electrons. The van der Waals surface area contributed by atoms with Crippen LogP contribution in [-0.4, -0.2) is 25.2 Å². The zero-order chi connectivity index (χ0) is 13.2. The van der Waals surface area contributed by atoms with Crippen LogP contribution in [-0.2, 0) is 4.79 Å². The van der Waals surface area contributed by atoms with E-state index in [4.69, 9.17) is 15.2 Å². The quantitative estimate of drug-likeness (QED) is 0.786. The molecule has 0 saturated heterocycles. The van der Waals surface area contributed by atoms with Crippen molar-refractivity contribution in [1.82, 2.24) is 0 Å². The summed E-state index contributed by atoms with van der Waals surface area (Å²) in [6, 6.07) is 5.38. The predicted molar refractivity (Wildman–Crippen MR) is 71.3 cm³/mol. The fraction of sp³-hybridized carbons (Fsp3) is 0.357. The first-order valence-corrected chi connectivity index (χ1v) is 6.37. The second-order valence-electron chi connectivity index (χ2n) is 4.74. The maximum Gasteiger partial charge on any atom is 0.231 e. The summed E-state index contributed by atoms with van der Waals surface area (Å²) in [5, 5.41) is 2.87. The van der Waals surface area contributed by atoms with Gasteiger partial charge < -0.3 is 20.5 Å². The van der Waals surface area contributed by atoms with Crippen LogP contribution in [0.25, 0.3) is 0 Å². The number of benzene rings is 1. The van der Waals surface area contributed by atoms with Crippen molar-refractivity contribution in [2.75, 3.05) is 18.5 Å². The Balaban J connectivity index is 1.70. The number of anilines is 1. The molecule has 0 spiro atoms. The van der Waals surface area contributed by atoms with Gasteiger partial charge in [0, 0.05) is 17.8 Å². The lowest BCUT2D eigenvalue weighted by molar-refractivity contribution is -0.118. The van der Waals surface area contributed by atoms with E-state index in [9.17, 15) is 4.79 Å². The van der Waals surface area contributed by atoms with Gasteiger partial charge in [-0.2, -0.15) is 0 Å². The summed E-state index contributed by atoms with van der Waals surface area (Å²) in [4.78, 5) is 12.0. The molecule has 1 heterocycles. The maximum atomic E-state index is 12.0. The van der Waals surface area contributed by atoms with Crippen LogP contribution < -0.4 is 20.5 Å². The van der Waals surface area contributed by atoms with E-state index in [1.807, 2.05) is 18.2 Å². The Kier molecular flexibility index (Phi) is 3.13. The van der Waals surface area contributed by atoms with Crippen LogP contribution in [0.1, 0.15) is 6.42 Å². The highest BCUT2D eigenvalue weighted by molar-refractivity contribution is 5.94. The largest absolute Gasteiger partial charge is 0.486 e. The molecular formula is C14H16N2O3. The Morgan fingerprint density at radius 2 is 2.00 bits per heavy atom. The van der Waals surface area contributed by atoms with E-state index in [1.165, 1.54) is 0 Å². The van der Waals surface area contributed by atoms with Crippen LogP contribution in [0.15, 0.2) is 30.4 Å². The van der Waals surface area contributed by atoms with Gasteiger partial charge in [0.05, 0.1) is 5.92 Å². The number of nitrogens with two attached hydrogens (primary N) is 1. The number of hydrogen-bond acceptors (Lipinski definition) is 4. The molecule has 19 heavy (non-hydrogen) atoms. The number of hydrogen-bond donors (Lipinski definition) is 2. The average molecular weight is 260 g/mol. The van der Waals surface area contributed by atoms with Gasteiger partial charge in [0.15, 0.2) is 11.5 Å². The Morgan fingerprint density at radius 1 is 1.21 bits per heavy atom. The molecule has 0 fully saturated rings. The highest BCUT2D eigenvalue weighted by atomic mass is 16.6. The summed E-state index contributed by atoms with van der Waals surface area (Å²) in [5.74, 6) is 1.19. The van der Waals surface area contributed by atoms with Crippen LogP contribution >= 0.6 is 0 Å². The van der Waals surface area contributed by atoms with Crippen LogP contribution in [0.5, 0.6) is 11.5 Å². The number of fused-ring (bicyclic) bond motifs is 1. The topological polar surface area (TPSA) is 73.6 Å². The summed E-state index contributed by atoms with van der Waals surface area (Å²) in [6.45, 7) is 1.09. The van der Waals surface area contributed by atoms with Gasteiger partial charge in [-0.05, 0) is 18.6 Å². The Labute approximate surface area is 111 Å². The molecule has 1 aromatic carbocycles. The van der Waals surface area contributed by atoms with Crippen LogP contribution in [0.2, 0.25) is 0 Å². The van der Waals surface area contributed by atoms with Gasteiger partial charge in [0.1, 0.15) is 13.2 Å². The fourth-order valence-corrected chi connectivity index (χ4v) is 2.28. The van der Waals surface area contributed by atoms with Crippen molar-refractivity contribution < 1.29 is 14.3 Å². The molecule has 1 amide bonds. The van der Waals surface area contributed by atoms with Crippen molar-refractivity contribution in [3.05, 3.63) is 30.4 Å². The molecule has 0 aromatic heterocycles. The predicted octanol–water partition coefficient (Wildman–Crippen LogP) is 1.30. The molecule has 2 unspecified atom stereocenters. The van der Waals surface area contributed by atoms with E-state index in [0.717, 1.165) is 0 Å². The van der Waals surface area contributed by atoms with E-state index in [1.54, 1.807) is 12.1 Å². The molecule has 0 bridgehead atoms.